The van der Waals surface area contributed by atoms with E-state index in [0.717, 1.165) is 12.8 Å². The summed E-state index contributed by atoms with van der Waals surface area (Å²) in [7, 11) is -0.693. The predicted octanol–water partition coefficient (Wildman–Crippen LogP) is 1.31. The van der Waals surface area contributed by atoms with Crippen LogP contribution < -0.4 is 10.1 Å². The standard InChI is InChI=1S/C24H33N5O6S/c1-15-10-29(16(2)13-30)24(32)19-9-18(26-23(31)17-5-6-17)7-8-20(19)35-21(15)11-28(4)36(33,34)22-12-27(3)14-25-22/h7-9,12,14-17,21,30H,5-6,10-11,13H2,1-4H3,(H,26,31)/t15-,16-,21+/m1/s1. The molecule has 196 valence electrons. The fourth-order valence-electron chi connectivity index (χ4n) is 4.14. The average molecular weight is 520 g/mol. The van der Waals surface area contributed by atoms with Crippen LogP contribution in [-0.2, 0) is 21.9 Å². The number of aliphatic hydroxyl groups is 1. The van der Waals surface area contributed by atoms with Crippen LogP contribution in [0, 0.1) is 11.8 Å². The van der Waals surface area contributed by atoms with Crippen LogP contribution in [0.15, 0.2) is 35.7 Å². The van der Waals surface area contributed by atoms with E-state index in [0.29, 0.717) is 11.4 Å². The van der Waals surface area contributed by atoms with Crippen molar-refractivity contribution < 1.29 is 27.9 Å². The van der Waals surface area contributed by atoms with Crippen molar-refractivity contribution in [1.82, 2.24) is 18.8 Å². The number of anilines is 1. The molecule has 0 saturated heterocycles. The molecule has 12 heteroatoms. The van der Waals surface area contributed by atoms with Crippen LogP contribution in [0.4, 0.5) is 5.69 Å². The van der Waals surface area contributed by atoms with Gasteiger partial charge in [-0.25, -0.2) is 13.4 Å². The Morgan fingerprint density at radius 2 is 2.08 bits per heavy atom. The number of carbonyl (C=O) groups excluding carboxylic acids is 2. The van der Waals surface area contributed by atoms with Gasteiger partial charge in [0.15, 0.2) is 5.03 Å². The van der Waals surface area contributed by atoms with Crippen LogP contribution in [0.5, 0.6) is 5.75 Å². The van der Waals surface area contributed by atoms with Gasteiger partial charge in [0.2, 0.25) is 5.91 Å². The third kappa shape index (κ3) is 5.40. The Kier molecular flexibility index (Phi) is 7.39. The first-order chi connectivity index (χ1) is 17.0. The van der Waals surface area contributed by atoms with E-state index in [4.69, 9.17) is 4.74 Å². The molecule has 11 nitrogen and oxygen atoms in total. The van der Waals surface area contributed by atoms with E-state index >= 15 is 0 Å². The second-order valence-electron chi connectivity index (χ2n) is 9.76. The SMILES string of the molecule is C[C@@H]1CN([C@H](C)CO)C(=O)c2cc(NC(=O)C3CC3)ccc2O[C@H]1CN(C)S(=O)(=O)c1cn(C)cn1. The first-order valence-electron chi connectivity index (χ1n) is 12.0. The van der Waals surface area contributed by atoms with Gasteiger partial charge in [-0.2, -0.15) is 4.31 Å². The molecule has 36 heavy (non-hydrogen) atoms. The molecule has 4 rings (SSSR count). The number of nitrogens with zero attached hydrogens (tertiary/aromatic N) is 4. The van der Waals surface area contributed by atoms with Crippen LogP contribution in [0.2, 0.25) is 0 Å². The summed E-state index contributed by atoms with van der Waals surface area (Å²) in [5.74, 6) is -0.366. The van der Waals surface area contributed by atoms with Crippen LogP contribution in [0.3, 0.4) is 0 Å². The van der Waals surface area contributed by atoms with Crippen molar-refractivity contribution in [3.05, 3.63) is 36.3 Å². The summed E-state index contributed by atoms with van der Waals surface area (Å²) in [4.78, 5) is 31.3. The number of aryl methyl sites for hydroxylation is 1. The van der Waals surface area contributed by atoms with Gasteiger partial charge in [-0.3, -0.25) is 9.59 Å². The van der Waals surface area contributed by atoms with Gasteiger partial charge in [0.1, 0.15) is 11.9 Å². The summed E-state index contributed by atoms with van der Waals surface area (Å²) in [6.07, 6.45) is 3.97. The molecule has 2 heterocycles. The van der Waals surface area contributed by atoms with Crippen LogP contribution in [0.25, 0.3) is 0 Å². The van der Waals surface area contributed by atoms with Crippen molar-refractivity contribution in [3.8, 4) is 5.75 Å². The molecular weight excluding hydrogens is 486 g/mol. The third-order valence-corrected chi connectivity index (χ3v) is 8.38. The monoisotopic (exact) mass is 519 g/mol. The quantitative estimate of drug-likeness (QED) is 0.537. The van der Waals surface area contributed by atoms with Crippen molar-refractivity contribution in [1.29, 1.82) is 0 Å². The zero-order valence-electron chi connectivity index (χ0n) is 20.9. The molecule has 1 saturated carbocycles. The van der Waals surface area contributed by atoms with E-state index in [9.17, 15) is 23.1 Å². The molecular formula is C24H33N5O6S. The molecule has 2 aliphatic rings. The zero-order valence-corrected chi connectivity index (χ0v) is 21.7. The number of fused-ring (bicyclic) bond motifs is 1. The lowest BCUT2D eigenvalue weighted by Gasteiger charge is -2.38. The lowest BCUT2D eigenvalue weighted by molar-refractivity contribution is -0.117. The van der Waals surface area contributed by atoms with Gasteiger partial charge < -0.3 is 24.6 Å². The number of aromatic nitrogens is 2. The van der Waals surface area contributed by atoms with Gasteiger partial charge in [0, 0.05) is 44.4 Å². The van der Waals surface area contributed by atoms with Crippen LogP contribution >= 0.6 is 0 Å². The molecule has 2 amide bonds. The highest BCUT2D eigenvalue weighted by Gasteiger charge is 2.36. The highest BCUT2D eigenvalue weighted by molar-refractivity contribution is 7.89. The number of rotatable bonds is 8. The number of benzene rings is 1. The molecule has 2 N–H and O–H groups in total. The zero-order chi connectivity index (χ0) is 26.2. The Hall–Kier alpha value is -2.96. The number of hydrogen-bond donors (Lipinski definition) is 2. The molecule has 1 aromatic heterocycles. The maximum atomic E-state index is 13.5. The highest BCUT2D eigenvalue weighted by atomic mass is 32.2. The minimum absolute atomic E-state index is 0.00620. The average Bonchev–Trinajstić information content (AvgIpc) is 3.61. The second-order valence-corrected chi connectivity index (χ2v) is 11.8. The van der Waals surface area contributed by atoms with Gasteiger partial charge >= 0.3 is 0 Å². The van der Waals surface area contributed by atoms with Crippen molar-refractivity contribution in [2.45, 2.75) is 43.9 Å². The summed E-state index contributed by atoms with van der Waals surface area (Å²) < 4.78 is 35.1. The van der Waals surface area contributed by atoms with Crippen LogP contribution in [0.1, 0.15) is 37.0 Å². The van der Waals surface area contributed by atoms with Crippen molar-refractivity contribution in [3.63, 3.8) is 0 Å². The van der Waals surface area contributed by atoms with E-state index in [-0.39, 0.29) is 53.9 Å². The van der Waals surface area contributed by atoms with Crippen molar-refractivity contribution >= 4 is 27.5 Å². The number of hydrogen-bond acceptors (Lipinski definition) is 7. The number of likely N-dealkylation sites (N-methyl/N-ethyl adjacent to an activating group) is 1. The summed E-state index contributed by atoms with van der Waals surface area (Å²) in [5, 5.41) is 12.6. The van der Waals surface area contributed by atoms with E-state index < -0.39 is 22.2 Å². The normalized spacial score (nSPS) is 21.4. The Labute approximate surface area is 211 Å². The number of amides is 2. The summed E-state index contributed by atoms with van der Waals surface area (Å²) in [6.45, 7) is 3.67. The first kappa shape index (κ1) is 26.1. The molecule has 1 aromatic carbocycles. The van der Waals surface area contributed by atoms with Crippen LogP contribution in [-0.4, -0.2) is 83.0 Å². The Morgan fingerprint density at radius 3 is 2.69 bits per heavy atom. The molecule has 2 aromatic rings. The number of sulfonamides is 1. The molecule has 1 fully saturated rings. The summed E-state index contributed by atoms with van der Waals surface area (Å²) in [6, 6.07) is 4.40. The van der Waals surface area contributed by atoms with E-state index in [2.05, 4.69) is 10.3 Å². The Bertz CT molecular complexity index is 1240. The second kappa shape index (κ2) is 10.2. The first-order valence-corrected chi connectivity index (χ1v) is 13.4. The van der Waals surface area contributed by atoms with Gasteiger partial charge in [0.05, 0.1) is 31.1 Å². The number of imidazole rings is 1. The number of ether oxygens (including phenoxy) is 1. The minimum atomic E-state index is -3.85. The number of nitrogens with one attached hydrogen (secondary N) is 1. The molecule has 1 aliphatic heterocycles. The highest BCUT2D eigenvalue weighted by Crippen LogP contribution is 2.33. The maximum Gasteiger partial charge on any atom is 0.261 e. The van der Waals surface area contributed by atoms with E-state index in [1.165, 1.54) is 23.9 Å². The lowest BCUT2D eigenvalue weighted by Crippen LogP contribution is -2.50. The Morgan fingerprint density at radius 1 is 1.36 bits per heavy atom. The van der Waals surface area contributed by atoms with E-state index in [1.54, 1.807) is 41.6 Å². The van der Waals surface area contributed by atoms with Gasteiger partial charge in [0.25, 0.3) is 15.9 Å². The Balaban J connectivity index is 1.64. The summed E-state index contributed by atoms with van der Waals surface area (Å²) in [5.41, 5.74) is 0.732. The molecule has 3 atom stereocenters. The smallest absolute Gasteiger partial charge is 0.261 e. The van der Waals surface area contributed by atoms with Gasteiger partial charge in [-0.1, -0.05) is 6.92 Å². The minimum Gasteiger partial charge on any atom is -0.488 e. The van der Waals surface area contributed by atoms with Gasteiger partial charge in [-0.05, 0) is 38.0 Å². The predicted molar refractivity (Wildman–Crippen MR) is 132 cm³/mol. The molecule has 0 unspecified atom stereocenters. The molecule has 0 bridgehead atoms. The molecule has 0 spiro atoms. The fourth-order valence-corrected chi connectivity index (χ4v) is 5.28. The number of aliphatic hydroxyl groups excluding tert-OH is 1. The van der Waals surface area contributed by atoms with Crippen molar-refractivity contribution in [2.24, 2.45) is 18.9 Å². The van der Waals surface area contributed by atoms with E-state index in [1.807, 2.05) is 6.92 Å². The lowest BCUT2D eigenvalue weighted by atomic mass is 9.99. The fraction of sp³-hybridized carbons (Fsp3) is 0.542. The largest absolute Gasteiger partial charge is 0.488 e. The molecule has 1 aliphatic carbocycles. The summed E-state index contributed by atoms with van der Waals surface area (Å²) >= 11 is 0. The topological polar surface area (TPSA) is 134 Å². The maximum absolute atomic E-state index is 13.5. The molecule has 0 radical (unpaired) electrons. The third-order valence-electron chi connectivity index (χ3n) is 6.67. The van der Waals surface area contributed by atoms with Crippen molar-refractivity contribution in [2.75, 3.05) is 32.1 Å². The van der Waals surface area contributed by atoms with Gasteiger partial charge in [-0.15, -0.1) is 0 Å². The number of carbonyl (C=O) groups is 2.